The van der Waals surface area contributed by atoms with E-state index in [0.717, 1.165) is 62.5 Å². The molecule has 0 bridgehead atoms. The van der Waals surface area contributed by atoms with Crippen LogP contribution in [0, 0.1) is 12.8 Å². The van der Waals surface area contributed by atoms with Gasteiger partial charge in [0.25, 0.3) is 5.78 Å². The number of fused-ring (bicyclic) bond motifs is 2. The molecule has 10 nitrogen and oxygen atoms in total. The molecule has 3 aromatic rings. The van der Waals surface area contributed by atoms with Crippen molar-refractivity contribution < 1.29 is 14.3 Å². The first-order valence-corrected chi connectivity index (χ1v) is 13.0. The van der Waals surface area contributed by atoms with Crippen molar-refractivity contribution in [2.75, 3.05) is 49.5 Å². The zero-order chi connectivity index (χ0) is 24.5. The van der Waals surface area contributed by atoms with Gasteiger partial charge in [0, 0.05) is 42.8 Å². The fraction of sp³-hybridized carbons (Fsp3) is 0.542. The molecule has 0 spiro atoms. The van der Waals surface area contributed by atoms with Gasteiger partial charge in [0.15, 0.2) is 0 Å². The lowest BCUT2D eigenvalue weighted by molar-refractivity contribution is -0.117. The first-order valence-electron chi connectivity index (χ1n) is 12.2. The molecule has 4 heterocycles. The number of hydrogen-bond donors (Lipinski definition) is 1. The molecular formula is C24H31N7O3S. The minimum atomic E-state index is -0.337. The molecule has 1 amide bonds. The summed E-state index contributed by atoms with van der Waals surface area (Å²) in [5.74, 6) is 1.70. The van der Waals surface area contributed by atoms with Crippen LogP contribution in [0.1, 0.15) is 46.8 Å². The summed E-state index contributed by atoms with van der Waals surface area (Å²) in [5.41, 5.74) is 2.51. The number of nitrogens with one attached hydrogen (secondary N) is 1. The van der Waals surface area contributed by atoms with Crippen LogP contribution in [0.15, 0.2) is 12.4 Å². The minimum Gasteiger partial charge on any atom is -0.462 e. The van der Waals surface area contributed by atoms with Gasteiger partial charge in [-0.2, -0.15) is 14.6 Å². The Kier molecular flexibility index (Phi) is 6.70. The first-order chi connectivity index (χ1) is 16.9. The molecule has 186 valence electrons. The monoisotopic (exact) mass is 497 g/mol. The van der Waals surface area contributed by atoms with E-state index in [1.54, 1.807) is 11.4 Å². The quantitative estimate of drug-likeness (QED) is 0.518. The summed E-state index contributed by atoms with van der Waals surface area (Å²) in [7, 11) is 0. The number of ether oxygens (including phenoxy) is 1. The van der Waals surface area contributed by atoms with Gasteiger partial charge in [0.05, 0.1) is 18.7 Å². The lowest BCUT2D eigenvalue weighted by Crippen LogP contribution is -2.49. The van der Waals surface area contributed by atoms with Crippen LogP contribution < -0.4 is 10.2 Å². The molecule has 1 saturated heterocycles. The summed E-state index contributed by atoms with van der Waals surface area (Å²) in [6.45, 7) is 9.60. The molecule has 5 rings (SSSR count). The lowest BCUT2D eigenvalue weighted by Gasteiger charge is -2.35. The Morgan fingerprint density at radius 2 is 2.06 bits per heavy atom. The maximum atomic E-state index is 13.0. The summed E-state index contributed by atoms with van der Waals surface area (Å²) in [5, 5.41) is 7.97. The van der Waals surface area contributed by atoms with E-state index in [9.17, 15) is 9.59 Å². The fourth-order valence-electron chi connectivity index (χ4n) is 4.90. The van der Waals surface area contributed by atoms with E-state index < -0.39 is 0 Å². The molecule has 0 unspecified atom stereocenters. The number of aryl methyl sites for hydroxylation is 1. The Bertz CT molecular complexity index is 1250. The van der Waals surface area contributed by atoms with Crippen LogP contribution in [0.3, 0.4) is 0 Å². The number of nitrogens with zero attached hydrogens (tertiary/aromatic N) is 6. The number of hydrogen-bond acceptors (Lipinski definition) is 9. The van der Waals surface area contributed by atoms with Crippen molar-refractivity contribution in [2.45, 2.75) is 40.0 Å². The molecule has 0 aromatic carbocycles. The number of amides is 1. The minimum absolute atomic E-state index is 0.103. The third-order valence-corrected chi connectivity index (χ3v) is 7.84. The molecule has 1 aliphatic carbocycles. The Morgan fingerprint density at radius 1 is 1.26 bits per heavy atom. The molecule has 1 fully saturated rings. The van der Waals surface area contributed by atoms with Crippen molar-refractivity contribution in [1.29, 1.82) is 0 Å². The first kappa shape index (κ1) is 23.7. The zero-order valence-corrected chi connectivity index (χ0v) is 21.2. The second-order valence-electron chi connectivity index (χ2n) is 9.32. The molecule has 0 radical (unpaired) electrons. The summed E-state index contributed by atoms with van der Waals surface area (Å²) < 4.78 is 7.08. The molecule has 35 heavy (non-hydrogen) atoms. The van der Waals surface area contributed by atoms with Gasteiger partial charge >= 0.3 is 5.97 Å². The topological polar surface area (TPSA) is 105 Å². The normalized spacial score (nSPS) is 18.5. The smallest absolute Gasteiger partial charge is 0.341 e. The fourth-order valence-corrected chi connectivity index (χ4v) is 6.31. The highest BCUT2D eigenvalue weighted by atomic mass is 32.1. The average molecular weight is 498 g/mol. The van der Waals surface area contributed by atoms with Crippen molar-refractivity contribution in [1.82, 2.24) is 24.5 Å². The second kappa shape index (κ2) is 9.90. The Labute approximate surface area is 208 Å². The van der Waals surface area contributed by atoms with E-state index in [-0.39, 0.29) is 18.4 Å². The van der Waals surface area contributed by atoms with Crippen molar-refractivity contribution in [3.63, 3.8) is 0 Å². The Hall–Kier alpha value is -3.05. The highest BCUT2D eigenvalue weighted by Crippen LogP contribution is 2.40. The number of piperazine rings is 1. The maximum Gasteiger partial charge on any atom is 0.341 e. The SMILES string of the molecule is CCOC(=O)c1c(NC(=O)CN2CCN(c3cc(C)nc4ncnn34)CC2)sc2c1CC[C@@H](C)C2. The molecular weight excluding hydrogens is 466 g/mol. The number of aromatic nitrogens is 4. The van der Waals surface area contributed by atoms with Gasteiger partial charge < -0.3 is 15.0 Å². The number of rotatable bonds is 6. The van der Waals surface area contributed by atoms with E-state index in [0.29, 0.717) is 28.9 Å². The predicted molar refractivity (Wildman–Crippen MR) is 134 cm³/mol. The van der Waals surface area contributed by atoms with E-state index in [4.69, 9.17) is 4.74 Å². The number of carbonyl (C=O) groups is 2. The summed E-state index contributed by atoms with van der Waals surface area (Å²) in [4.78, 5) is 39.9. The van der Waals surface area contributed by atoms with Gasteiger partial charge in [-0.05, 0) is 44.6 Å². The third-order valence-electron chi connectivity index (χ3n) is 6.67. The Morgan fingerprint density at radius 3 is 2.83 bits per heavy atom. The highest BCUT2D eigenvalue weighted by molar-refractivity contribution is 7.17. The number of thiophene rings is 1. The molecule has 1 aliphatic heterocycles. The van der Waals surface area contributed by atoms with Crippen molar-refractivity contribution in [2.24, 2.45) is 5.92 Å². The summed E-state index contributed by atoms with van der Waals surface area (Å²) in [6.07, 6.45) is 4.36. The molecule has 2 aliphatic rings. The maximum absolute atomic E-state index is 13.0. The van der Waals surface area contributed by atoms with Crippen molar-refractivity contribution in [3.8, 4) is 0 Å². The second-order valence-corrected chi connectivity index (χ2v) is 10.4. The summed E-state index contributed by atoms with van der Waals surface area (Å²) in [6, 6.07) is 2.01. The molecule has 1 atom stereocenters. The third kappa shape index (κ3) is 4.87. The van der Waals surface area contributed by atoms with Gasteiger partial charge in [-0.25, -0.2) is 9.78 Å². The average Bonchev–Trinajstić information content (AvgIpc) is 3.42. The van der Waals surface area contributed by atoms with Gasteiger partial charge in [-0.3, -0.25) is 9.69 Å². The Balaban J connectivity index is 1.24. The number of anilines is 2. The van der Waals surface area contributed by atoms with Crippen LogP contribution in [-0.4, -0.2) is 75.7 Å². The largest absolute Gasteiger partial charge is 0.462 e. The molecule has 3 aromatic heterocycles. The van der Waals surface area contributed by atoms with Gasteiger partial charge in [0.2, 0.25) is 5.91 Å². The molecule has 0 saturated carbocycles. The predicted octanol–water partition coefficient (Wildman–Crippen LogP) is 2.56. The number of carbonyl (C=O) groups excluding carboxylic acids is 2. The van der Waals surface area contributed by atoms with Crippen molar-refractivity contribution in [3.05, 3.63) is 34.1 Å². The van der Waals surface area contributed by atoms with Crippen molar-refractivity contribution >= 4 is 39.8 Å². The van der Waals surface area contributed by atoms with Gasteiger partial charge in [-0.1, -0.05) is 6.92 Å². The number of esters is 1. The van der Waals surface area contributed by atoms with Crippen LogP contribution in [-0.2, 0) is 22.4 Å². The highest BCUT2D eigenvalue weighted by Gasteiger charge is 2.30. The van der Waals surface area contributed by atoms with Crippen LogP contribution >= 0.6 is 11.3 Å². The van der Waals surface area contributed by atoms with Gasteiger partial charge in [0.1, 0.15) is 17.1 Å². The van der Waals surface area contributed by atoms with E-state index in [1.165, 1.54) is 22.5 Å². The van der Waals surface area contributed by atoms with Crippen LogP contribution in [0.25, 0.3) is 5.78 Å². The molecule has 1 N–H and O–H groups in total. The van der Waals surface area contributed by atoms with Crippen LogP contribution in [0.2, 0.25) is 0 Å². The van der Waals surface area contributed by atoms with E-state index in [1.807, 2.05) is 13.0 Å². The molecule has 11 heteroatoms. The zero-order valence-electron chi connectivity index (χ0n) is 20.4. The van der Waals surface area contributed by atoms with Gasteiger partial charge in [-0.15, -0.1) is 11.3 Å². The lowest BCUT2D eigenvalue weighted by atomic mass is 9.88. The van der Waals surface area contributed by atoms with Crippen LogP contribution in [0.4, 0.5) is 10.8 Å². The summed E-state index contributed by atoms with van der Waals surface area (Å²) >= 11 is 1.53. The van der Waals surface area contributed by atoms with Crippen LogP contribution in [0.5, 0.6) is 0 Å². The standard InChI is InChI=1S/C24H31N7O3S/c1-4-34-23(33)21-17-6-5-15(2)11-18(17)35-22(21)28-19(32)13-29-7-9-30(10-8-29)20-12-16(3)27-24-25-14-26-31(20)24/h12,14-15H,4-11,13H2,1-3H3,(H,28,32)/t15-/m1/s1. The van der Waals surface area contributed by atoms with E-state index in [2.05, 4.69) is 37.1 Å². The van der Waals surface area contributed by atoms with E-state index >= 15 is 0 Å².